The molecule has 0 spiro atoms. The Labute approximate surface area is 82.9 Å². The first-order valence-electron chi connectivity index (χ1n) is 4.49. The number of pyridine rings is 1. The topological polar surface area (TPSA) is 43.3 Å². The summed E-state index contributed by atoms with van der Waals surface area (Å²) in [6.07, 6.45) is 1.84. The van der Waals surface area contributed by atoms with E-state index in [2.05, 4.69) is 16.0 Å². The zero-order valence-electron chi connectivity index (χ0n) is 8.41. The van der Waals surface area contributed by atoms with E-state index in [1.165, 1.54) is 0 Å². The lowest BCUT2D eigenvalue weighted by molar-refractivity contribution is 1.04. The lowest BCUT2D eigenvalue weighted by atomic mass is 10.2. The Balaban J connectivity index is 2.90. The van der Waals surface area contributed by atoms with Crippen molar-refractivity contribution in [3.63, 3.8) is 0 Å². The van der Waals surface area contributed by atoms with Crippen molar-refractivity contribution in [3.05, 3.63) is 41.9 Å². The van der Waals surface area contributed by atoms with Crippen molar-refractivity contribution in [3.8, 4) is 0 Å². The third-order valence-electron chi connectivity index (χ3n) is 2.37. The number of nitrogens with zero attached hydrogens (tertiary/aromatic N) is 2. The van der Waals surface area contributed by atoms with Gasteiger partial charge in [-0.15, -0.1) is 0 Å². The van der Waals surface area contributed by atoms with Gasteiger partial charge in [-0.05, 0) is 26.0 Å². The maximum Gasteiger partial charge on any atom is 0.146 e. The number of nitrogens with two attached hydrogens (primary N) is 1. The summed E-state index contributed by atoms with van der Waals surface area (Å²) in [7, 11) is 0. The van der Waals surface area contributed by atoms with Gasteiger partial charge in [0, 0.05) is 28.8 Å². The molecule has 0 aliphatic rings. The van der Waals surface area contributed by atoms with E-state index in [0.29, 0.717) is 5.70 Å². The van der Waals surface area contributed by atoms with Gasteiger partial charge in [0.2, 0.25) is 0 Å². The van der Waals surface area contributed by atoms with Crippen LogP contribution >= 0.6 is 0 Å². The maximum absolute atomic E-state index is 5.69. The number of hydrogen-bond donors (Lipinski definition) is 1. The van der Waals surface area contributed by atoms with Gasteiger partial charge in [-0.2, -0.15) is 0 Å². The van der Waals surface area contributed by atoms with Crippen LogP contribution in [0.3, 0.4) is 0 Å². The Morgan fingerprint density at radius 2 is 2.07 bits per heavy atom. The predicted octanol–water partition coefficient (Wildman–Crippen LogP) is 1.88. The Bertz CT molecular complexity index is 508. The molecule has 2 aromatic heterocycles. The first-order chi connectivity index (χ1) is 6.61. The summed E-state index contributed by atoms with van der Waals surface area (Å²) in [4.78, 5) is 4.32. The van der Waals surface area contributed by atoms with E-state index in [1.54, 1.807) is 0 Å². The molecular formula is C11H13N3. The fourth-order valence-corrected chi connectivity index (χ4v) is 1.68. The van der Waals surface area contributed by atoms with Crippen molar-refractivity contribution in [1.82, 2.24) is 9.38 Å². The molecule has 0 aromatic carbocycles. The van der Waals surface area contributed by atoms with Crippen LogP contribution in [0.15, 0.2) is 24.9 Å². The molecule has 14 heavy (non-hydrogen) atoms. The molecule has 0 unspecified atom stereocenters. The Morgan fingerprint density at radius 3 is 2.71 bits per heavy atom. The summed E-state index contributed by atoms with van der Waals surface area (Å²) in [6.45, 7) is 7.81. The largest absolute Gasteiger partial charge is 0.399 e. The van der Waals surface area contributed by atoms with E-state index in [-0.39, 0.29) is 0 Å². The van der Waals surface area contributed by atoms with Gasteiger partial charge in [-0.25, -0.2) is 4.98 Å². The van der Waals surface area contributed by atoms with E-state index < -0.39 is 0 Å². The van der Waals surface area contributed by atoms with Crippen LogP contribution in [0.25, 0.3) is 11.3 Å². The van der Waals surface area contributed by atoms with E-state index in [0.717, 1.165) is 22.6 Å². The third-order valence-corrected chi connectivity index (χ3v) is 2.37. The molecule has 2 N–H and O–H groups in total. The van der Waals surface area contributed by atoms with Crippen LogP contribution in [0.4, 0.5) is 0 Å². The van der Waals surface area contributed by atoms with Gasteiger partial charge in [-0.3, -0.25) is 0 Å². The zero-order valence-corrected chi connectivity index (χ0v) is 8.41. The van der Waals surface area contributed by atoms with Crippen molar-refractivity contribution < 1.29 is 0 Å². The quantitative estimate of drug-likeness (QED) is 0.740. The minimum absolute atomic E-state index is 0.556. The second-order valence-electron chi connectivity index (χ2n) is 3.47. The summed E-state index contributed by atoms with van der Waals surface area (Å²) in [5.41, 5.74) is 10.3. The molecule has 0 amide bonds. The van der Waals surface area contributed by atoms with Crippen LogP contribution < -0.4 is 5.73 Å². The van der Waals surface area contributed by atoms with Crippen LogP contribution in [0, 0.1) is 13.8 Å². The maximum atomic E-state index is 5.69. The van der Waals surface area contributed by atoms with Gasteiger partial charge in [0.1, 0.15) is 5.65 Å². The Hall–Kier alpha value is -1.77. The summed E-state index contributed by atoms with van der Waals surface area (Å²) in [6, 6.07) is 3.98. The highest BCUT2D eigenvalue weighted by Crippen LogP contribution is 2.17. The van der Waals surface area contributed by atoms with Crippen molar-refractivity contribution in [2.24, 2.45) is 5.73 Å². The van der Waals surface area contributed by atoms with Crippen molar-refractivity contribution in [2.45, 2.75) is 13.8 Å². The third kappa shape index (κ3) is 1.09. The van der Waals surface area contributed by atoms with Crippen molar-refractivity contribution in [2.75, 3.05) is 0 Å². The smallest absolute Gasteiger partial charge is 0.146 e. The van der Waals surface area contributed by atoms with E-state index >= 15 is 0 Å². The number of hydrogen-bond acceptors (Lipinski definition) is 2. The predicted molar refractivity (Wildman–Crippen MR) is 57.9 cm³/mol. The fourth-order valence-electron chi connectivity index (χ4n) is 1.68. The van der Waals surface area contributed by atoms with Gasteiger partial charge in [0.25, 0.3) is 0 Å². The number of aryl methyl sites for hydroxylation is 2. The molecule has 3 nitrogen and oxygen atoms in total. The van der Waals surface area contributed by atoms with E-state index in [9.17, 15) is 0 Å². The zero-order chi connectivity index (χ0) is 10.3. The summed E-state index contributed by atoms with van der Waals surface area (Å²) >= 11 is 0. The molecule has 0 saturated heterocycles. The van der Waals surface area contributed by atoms with Gasteiger partial charge in [-0.1, -0.05) is 6.58 Å². The number of aromatic nitrogens is 2. The second-order valence-corrected chi connectivity index (χ2v) is 3.47. The molecular weight excluding hydrogens is 174 g/mol. The molecule has 0 aliphatic heterocycles. The molecule has 3 heteroatoms. The van der Waals surface area contributed by atoms with Gasteiger partial charge in [0.15, 0.2) is 0 Å². The van der Waals surface area contributed by atoms with Gasteiger partial charge >= 0.3 is 0 Å². The molecule has 0 saturated carbocycles. The average molecular weight is 187 g/mol. The van der Waals surface area contributed by atoms with Crippen LogP contribution in [0.5, 0.6) is 0 Å². The first kappa shape index (κ1) is 8.81. The molecule has 2 heterocycles. The molecule has 2 aromatic rings. The molecule has 0 aliphatic carbocycles. The lowest BCUT2D eigenvalue weighted by Crippen LogP contribution is -2.01. The highest BCUT2D eigenvalue weighted by molar-refractivity contribution is 5.73. The first-order valence-corrected chi connectivity index (χ1v) is 4.49. The van der Waals surface area contributed by atoms with Gasteiger partial charge < -0.3 is 10.1 Å². The summed E-state index contributed by atoms with van der Waals surface area (Å²) in [5, 5.41) is 0. The van der Waals surface area contributed by atoms with Crippen LogP contribution in [-0.4, -0.2) is 9.38 Å². The number of fused-ring (bicyclic) bond motifs is 1. The average Bonchev–Trinajstić information content (AvgIpc) is 2.49. The van der Waals surface area contributed by atoms with Crippen LogP contribution in [-0.2, 0) is 0 Å². The van der Waals surface area contributed by atoms with Crippen molar-refractivity contribution in [1.29, 1.82) is 0 Å². The van der Waals surface area contributed by atoms with Crippen molar-refractivity contribution >= 4 is 11.3 Å². The Morgan fingerprint density at radius 1 is 1.36 bits per heavy atom. The molecule has 0 atom stereocenters. The molecule has 0 fully saturated rings. The SMILES string of the molecule is C=C(N)c1ccc(C)n2c(C)cnc12. The fraction of sp³-hybridized carbons (Fsp3) is 0.182. The number of imidazole rings is 1. The minimum atomic E-state index is 0.556. The summed E-state index contributed by atoms with van der Waals surface area (Å²) < 4.78 is 2.08. The monoisotopic (exact) mass is 187 g/mol. The molecule has 0 bridgehead atoms. The number of rotatable bonds is 1. The van der Waals surface area contributed by atoms with Crippen LogP contribution in [0.1, 0.15) is 17.0 Å². The summed E-state index contributed by atoms with van der Waals surface area (Å²) in [5.74, 6) is 0. The van der Waals surface area contributed by atoms with Gasteiger partial charge in [0.05, 0.1) is 0 Å². The van der Waals surface area contributed by atoms with E-state index in [1.807, 2.05) is 32.2 Å². The van der Waals surface area contributed by atoms with E-state index in [4.69, 9.17) is 5.73 Å². The Kier molecular flexibility index (Phi) is 1.81. The highest BCUT2D eigenvalue weighted by atomic mass is 15.0. The standard InChI is InChI=1S/C11H13N3/c1-7-4-5-10(9(3)12)11-13-6-8(2)14(7)11/h4-6H,3,12H2,1-2H3. The minimum Gasteiger partial charge on any atom is -0.399 e. The molecule has 0 radical (unpaired) electrons. The second kappa shape index (κ2) is 2.87. The lowest BCUT2D eigenvalue weighted by Gasteiger charge is -2.06. The normalized spacial score (nSPS) is 10.7. The van der Waals surface area contributed by atoms with Crippen LogP contribution in [0.2, 0.25) is 0 Å². The molecule has 2 rings (SSSR count). The molecule has 72 valence electrons. The highest BCUT2D eigenvalue weighted by Gasteiger charge is 2.07.